The molecule has 2 N–H and O–H groups in total. The van der Waals surface area contributed by atoms with Crippen molar-refractivity contribution in [1.82, 2.24) is 0 Å². The number of aromatic hydroxyl groups is 1. The number of ether oxygens (including phenoxy) is 1. The first-order valence-electron chi connectivity index (χ1n) is 7.52. The molecule has 0 saturated heterocycles. The van der Waals surface area contributed by atoms with Crippen LogP contribution in [0.2, 0.25) is 0 Å². The monoisotopic (exact) mass is 319 g/mol. The summed E-state index contributed by atoms with van der Waals surface area (Å²) in [5.41, 5.74) is 2.26. The summed E-state index contributed by atoms with van der Waals surface area (Å²) < 4.78 is 5.29. The molecule has 0 spiro atoms. The van der Waals surface area contributed by atoms with Crippen LogP contribution in [0.25, 0.3) is 0 Å². The summed E-state index contributed by atoms with van der Waals surface area (Å²) in [5, 5.41) is 13.4. The van der Waals surface area contributed by atoms with E-state index >= 15 is 0 Å². The third-order valence-corrected chi connectivity index (χ3v) is 3.66. The van der Waals surface area contributed by atoms with Gasteiger partial charge in [-0.05, 0) is 24.3 Å². The summed E-state index contributed by atoms with van der Waals surface area (Å²) in [7, 11) is 1.60. The normalized spacial score (nSPS) is 10.2. The SMILES string of the molecule is COc1ccccc1Nc1ccc(C(=O)c2ccccc2)c(O)c1. The molecule has 0 aromatic heterocycles. The average molecular weight is 319 g/mol. The van der Waals surface area contributed by atoms with E-state index in [2.05, 4.69) is 5.32 Å². The van der Waals surface area contributed by atoms with Crippen molar-refractivity contribution < 1.29 is 14.6 Å². The van der Waals surface area contributed by atoms with Gasteiger partial charge in [-0.3, -0.25) is 4.79 Å². The maximum Gasteiger partial charge on any atom is 0.196 e. The average Bonchev–Trinajstić information content (AvgIpc) is 2.62. The third kappa shape index (κ3) is 3.22. The van der Waals surface area contributed by atoms with Crippen molar-refractivity contribution in [2.24, 2.45) is 0 Å². The number of anilines is 2. The number of phenols is 1. The van der Waals surface area contributed by atoms with Gasteiger partial charge in [0, 0.05) is 17.3 Å². The van der Waals surface area contributed by atoms with Gasteiger partial charge in [-0.1, -0.05) is 42.5 Å². The van der Waals surface area contributed by atoms with Gasteiger partial charge in [0.05, 0.1) is 18.4 Å². The Bertz CT molecular complexity index is 860. The van der Waals surface area contributed by atoms with Crippen molar-refractivity contribution in [1.29, 1.82) is 0 Å². The molecule has 0 radical (unpaired) electrons. The van der Waals surface area contributed by atoms with Gasteiger partial charge >= 0.3 is 0 Å². The fraction of sp³-hybridized carbons (Fsp3) is 0.0500. The Morgan fingerprint density at radius 2 is 1.67 bits per heavy atom. The quantitative estimate of drug-likeness (QED) is 0.685. The van der Waals surface area contributed by atoms with E-state index < -0.39 is 0 Å². The predicted octanol–water partition coefficient (Wildman–Crippen LogP) is 4.38. The zero-order valence-corrected chi connectivity index (χ0v) is 13.2. The number of carbonyl (C=O) groups excluding carboxylic acids is 1. The van der Waals surface area contributed by atoms with Crippen molar-refractivity contribution in [2.75, 3.05) is 12.4 Å². The highest BCUT2D eigenvalue weighted by Gasteiger charge is 2.14. The number of phenolic OH excluding ortho intramolecular Hbond substituents is 1. The van der Waals surface area contributed by atoms with Gasteiger partial charge in [0.2, 0.25) is 0 Å². The molecule has 0 saturated carbocycles. The molecule has 3 aromatic rings. The number of methoxy groups -OCH3 is 1. The van der Waals surface area contributed by atoms with Crippen molar-refractivity contribution in [3.8, 4) is 11.5 Å². The van der Waals surface area contributed by atoms with Crippen LogP contribution in [0.5, 0.6) is 11.5 Å². The summed E-state index contributed by atoms with van der Waals surface area (Å²) in [5.74, 6) is 0.419. The molecule has 0 aliphatic carbocycles. The zero-order chi connectivity index (χ0) is 16.9. The second-order valence-electron chi connectivity index (χ2n) is 5.25. The fourth-order valence-electron chi connectivity index (χ4n) is 2.45. The van der Waals surface area contributed by atoms with Gasteiger partial charge in [0.15, 0.2) is 5.78 Å². The van der Waals surface area contributed by atoms with Crippen molar-refractivity contribution in [2.45, 2.75) is 0 Å². The topological polar surface area (TPSA) is 58.6 Å². The highest BCUT2D eigenvalue weighted by Crippen LogP contribution is 2.30. The molecule has 0 bridgehead atoms. The largest absolute Gasteiger partial charge is 0.507 e. The summed E-state index contributed by atoms with van der Waals surface area (Å²) in [6, 6.07) is 21.3. The number of ketones is 1. The lowest BCUT2D eigenvalue weighted by atomic mass is 10.0. The predicted molar refractivity (Wildman–Crippen MR) is 94.3 cm³/mol. The Kier molecular flexibility index (Phi) is 4.47. The Morgan fingerprint density at radius 1 is 0.958 bits per heavy atom. The van der Waals surface area contributed by atoms with Crippen LogP contribution < -0.4 is 10.1 Å². The smallest absolute Gasteiger partial charge is 0.196 e. The van der Waals surface area contributed by atoms with Crippen LogP contribution in [0, 0.1) is 0 Å². The maximum absolute atomic E-state index is 12.4. The molecule has 0 fully saturated rings. The van der Waals surface area contributed by atoms with Crippen LogP contribution in [0.15, 0.2) is 72.8 Å². The first kappa shape index (κ1) is 15.6. The van der Waals surface area contributed by atoms with Gasteiger partial charge < -0.3 is 15.2 Å². The minimum atomic E-state index is -0.211. The molecule has 120 valence electrons. The van der Waals surface area contributed by atoms with Gasteiger partial charge in [-0.2, -0.15) is 0 Å². The molecule has 24 heavy (non-hydrogen) atoms. The first-order chi connectivity index (χ1) is 11.7. The van der Waals surface area contributed by atoms with E-state index in [1.54, 1.807) is 43.5 Å². The molecule has 0 aliphatic heterocycles. The van der Waals surface area contributed by atoms with E-state index in [-0.39, 0.29) is 17.1 Å². The van der Waals surface area contributed by atoms with Crippen LogP contribution in [0.4, 0.5) is 11.4 Å². The molecule has 0 atom stereocenters. The highest BCUT2D eigenvalue weighted by molar-refractivity contribution is 6.10. The summed E-state index contributed by atoms with van der Waals surface area (Å²) in [4.78, 5) is 12.4. The molecule has 3 aromatic carbocycles. The lowest BCUT2D eigenvalue weighted by Gasteiger charge is -2.12. The van der Waals surface area contributed by atoms with Crippen LogP contribution in [0.1, 0.15) is 15.9 Å². The fourth-order valence-corrected chi connectivity index (χ4v) is 2.45. The van der Waals surface area contributed by atoms with Crippen LogP contribution in [-0.2, 0) is 0 Å². The van der Waals surface area contributed by atoms with Crippen molar-refractivity contribution in [3.05, 3.63) is 83.9 Å². The van der Waals surface area contributed by atoms with Gasteiger partial charge in [-0.25, -0.2) is 0 Å². The Balaban J connectivity index is 1.86. The van der Waals surface area contributed by atoms with E-state index in [1.807, 2.05) is 30.3 Å². The lowest BCUT2D eigenvalue weighted by Crippen LogP contribution is -2.02. The Hall–Kier alpha value is -3.27. The van der Waals surface area contributed by atoms with Crippen LogP contribution in [0.3, 0.4) is 0 Å². The van der Waals surface area contributed by atoms with Gasteiger partial charge in [-0.15, -0.1) is 0 Å². The summed E-state index contributed by atoms with van der Waals surface area (Å²) >= 11 is 0. The Labute approximate surface area is 140 Å². The number of rotatable bonds is 5. The van der Waals surface area contributed by atoms with Crippen LogP contribution >= 0.6 is 0 Å². The lowest BCUT2D eigenvalue weighted by molar-refractivity contribution is 0.103. The highest BCUT2D eigenvalue weighted by atomic mass is 16.5. The molecule has 4 heteroatoms. The molecule has 0 amide bonds. The number of para-hydroxylation sites is 2. The number of hydrogen-bond acceptors (Lipinski definition) is 4. The summed E-state index contributed by atoms with van der Waals surface area (Å²) in [6.45, 7) is 0. The minimum absolute atomic E-state index is 0.0660. The van der Waals surface area contributed by atoms with Crippen molar-refractivity contribution in [3.63, 3.8) is 0 Å². The van der Waals surface area contributed by atoms with Crippen molar-refractivity contribution >= 4 is 17.2 Å². The zero-order valence-electron chi connectivity index (χ0n) is 13.2. The molecule has 3 rings (SSSR count). The second kappa shape index (κ2) is 6.87. The van der Waals surface area contributed by atoms with Gasteiger partial charge in [0.1, 0.15) is 11.5 Å². The number of benzene rings is 3. The maximum atomic E-state index is 12.4. The van der Waals surface area contributed by atoms with Crippen LogP contribution in [-0.4, -0.2) is 18.0 Å². The van der Waals surface area contributed by atoms with E-state index in [1.165, 1.54) is 6.07 Å². The standard InChI is InChI=1S/C20H17NO3/c1-24-19-10-6-5-9-17(19)21-15-11-12-16(18(22)13-15)20(23)14-7-3-2-4-8-14/h2-13,21-22H,1H3. The summed E-state index contributed by atoms with van der Waals surface area (Å²) in [6.07, 6.45) is 0. The Morgan fingerprint density at radius 3 is 2.38 bits per heavy atom. The number of carbonyl (C=O) groups is 1. The minimum Gasteiger partial charge on any atom is -0.507 e. The van der Waals surface area contributed by atoms with E-state index in [4.69, 9.17) is 4.74 Å². The van der Waals surface area contributed by atoms with E-state index in [9.17, 15) is 9.90 Å². The first-order valence-corrected chi connectivity index (χ1v) is 7.52. The van der Waals surface area contributed by atoms with E-state index in [0.717, 1.165) is 5.69 Å². The molecule has 0 heterocycles. The molecule has 0 aliphatic rings. The second-order valence-corrected chi connectivity index (χ2v) is 5.25. The molecule has 0 unspecified atom stereocenters. The van der Waals surface area contributed by atoms with Gasteiger partial charge in [0.25, 0.3) is 0 Å². The molecular formula is C20H17NO3. The third-order valence-electron chi connectivity index (χ3n) is 3.66. The number of hydrogen-bond donors (Lipinski definition) is 2. The van der Waals surface area contributed by atoms with E-state index in [0.29, 0.717) is 17.0 Å². The molecule has 4 nitrogen and oxygen atoms in total. The molecular weight excluding hydrogens is 302 g/mol. The number of nitrogens with one attached hydrogen (secondary N) is 1.